The Bertz CT molecular complexity index is 546. The number of hydrogen-bond acceptors (Lipinski definition) is 3. The summed E-state index contributed by atoms with van der Waals surface area (Å²) in [5.74, 6) is 0.0696. The number of benzene rings is 1. The Labute approximate surface area is 165 Å². The van der Waals surface area contributed by atoms with E-state index in [1.54, 1.807) is 0 Å². The van der Waals surface area contributed by atoms with Gasteiger partial charge in [-0.3, -0.25) is 9.69 Å². The van der Waals surface area contributed by atoms with Crippen LogP contribution in [0.5, 0.6) is 0 Å². The minimum Gasteiger partial charge on any atom is -0.298 e. The van der Waals surface area contributed by atoms with Crippen molar-refractivity contribution < 1.29 is 4.79 Å². The first-order valence-corrected chi connectivity index (χ1v) is 10.9. The Morgan fingerprint density at radius 2 is 1.59 bits per heavy atom. The molecular formula is C23H37N3O. The average molecular weight is 372 g/mol. The van der Waals surface area contributed by atoms with E-state index in [0.717, 1.165) is 51.0 Å². The molecule has 1 aromatic carbocycles. The summed E-state index contributed by atoms with van der Waals surface area (Å²) in [5.41, 5.74) is 5.25. The maximum atomic E-state index is 11.9. The fourth-order valence-corrected chi connectivity index (χ4v) is 3.54. The third kappa shape index (κ3) is 9.71. The maximum absolute atomic E-state index is 11.9. The van der Waals surface area contributed by atoms with Crippen LogP contribution in [0.1, 0.15) is 83.1 Å². The van der Waals surface area contributed by atoms with Crippen molar-refractivity contribution in [1.29, 1.82) is 0 Å². The summed E-state index contributed by atoms with van der Waals surface area (Å²) in [6.07, 6.45) is 12.6. The zero-order valence-corrected chi connectivity index (χ0v) is 17.1. The van der Waals surface area contributed by atoms with Gasteiger partial charge in [0.15, 0.2) is 0 Å². The van der Waals surface area contributed by atoms with Crippen LogP contribution >= 0.6 is 0 Å². The van der Waals surface area contributed by atoms with Gasteiger partial charge in [-0.15, -0.1) is 0 Å². The molecule has 150 valence electrons. The molecule has 2 rings (SSSR count). The summed E-state index contributed by atoms with van der Waals surface area (Å²) >= 11 is 0. The van der Waals surface area contributed by atoms with E-state index in [4.69, 9.17) is 0 Å². The van der Waals surface area contributed by atoms with Gasteiger partial charge in [-0.05, 0) is 12.0 Å². The first-order valence-electron chi connectivity index (χ1n) is 10.9. The van der Waals surface area contributed by atoms with Gasteiger partial charge in [-0.1, -0.05) is 82.2 Å². The average Bonchev–Trinajstić information content (AvgIpc) is 2.70. The molecule has 1 N–H and O–H groups in total. The normalized spacial score (nSPS) is 14.9. The van der Waals surface area contributed by atoms with Gasteiger partial charge in [0.05, 0.1) is 0 Å². The molecular weight excluding hydrogens is 334 g/mol. The first kappa shape index (κ1) is 21.6. The van der Waals surface area contributed by atoms with Gasteiger partial charge in [0.25, 0.3) is 0 Å². The lowest BCUT2D eigenvalue weighted by Gasteiger charge is -2.27. The van der Waals surface area contributed by atoms with E-state index < -0.39 is 0 Å². The molecule has 1 fully saturated rings. The van der Waals surface area contributed by atoms with Crippen molar-refractivity contribution in [3.63, 3.8) is 0 Å². The van der Waals surface area contributed by atoms with Gasteiger partial charge in [-0.25, -0.2) is 5.43 Å². The molecule has 4 nitrogen and oxygen atoms in total. The van der Waals surface area contributed by atoms with E-state index in [1.165, 1.54) is 44.1 Å². The number of piperidine rings is 1. The Hall–Kier alpha value is -1.68. The highest BCUT2D eigenvalue weighted by Crippen LogP contribution is 2.12. The topological polar surface area (TPSA) is 44.7 Å². The molecule has 1 aliphatic rings. The number of hydrazone groups is 1. The number of unbranched alkanes of at least 4 members (excludes halogenated alkanes) is 7. The van der Waals surface area contributed by atoms with Gasteiger partial charge >= 0.3 is 0 Å². The second-order valence-electron chi connectivity index (χ2n) is 7.70. The van der Waals surface area contributed by atoms with Crippen LogP contribution in [0.4, 0.5) is 0 Å². The van der Waals surface area contributed by atoms with Crippen molar-refractivity contribution in [3.8, 4) is 0 Å². The first-order chi connectivity index (χ1) is 13.3. The Balaban J connectivity index is 1.51. The van der Waals surface area contributed by atoms with Crippen molar-refractivity contribution in [2.45, 2.75) is 84.1 Å². The quantitative estimate of drug-likeness (QED) is 0.401. The standard InChI is InChI=1S/C23H37N3O/c1-2-3-4-5-6-7-8-12-15-23(27)25-24-22-16-18-26(19-17-22)20-21-13-10-9-11-14-21/h9-11,13-14H,2-8,12,15-20H2,1H3,(H,25,27). The lowest BCUT2D eigenvalue weighted by molar-refractivity contribution is -0.121. The predicted octanol–water partition coefficient (Wildman–Crippen LogP) is 5.29. The number of nitrogens with zero attached hydrogens (tertiary/aromatic N) is 2. The molecule has 1 aliphatic heterocycles. The minimum absolute atomic E-state index is 0.0696. The van der Waals surface area contributed by atoms with Crippen LogP contribution in [-0.2, 0) is 11.3 Å². The van der Waals surface area contributed by atoms with E-state index in [2.05, 4.69) is 52.7 Å². The lowest BCUT2D eigenvalue weighted by Crippen LogP contribution is -2.34. The van der Waals surface area contributed by atoms with Gasteiger partial charge in [0, 0.05) is 44.6 Å². The number of likely N-dealkylation sites (tertiary alicyclic amines) is 1. The molecule has 27 heavy (non-hydrogen) atoms. The third-order valence-corrected chi connectivity index (χ3v) is 5.28. The summed E-state index contributed by atoms with van der Waals surface area (Å²) in [4.78, 5) is 14.4. The molecule has 0 radical (unpaired) electrons. The number of rotatable bonds is 12. The fourth-order valence-electron chi connectivity index (χ4n) is 3.54. The summed E-state index contributed by atoms with van der Waals surface area (Å²) in [5, 5.41) is 4.36. The van der Waals surface area contributed by atoms with Crippen LogP contribution in [0.3, 0.4) is 0 Å². The molecule has 0 bridgehead atoms. The van der Waals surface area contributed by atoms with Crippen LogP contribution in [0.15, 0.2) is 35.4 Å². The van der Waals surface area contributed by atoms with E-state index in [0.29, 0.717) is 6.42 Å². The summed E-state index contributed by atoms with van der Waals surface area (Å²) < 4.78 is 0. The van der Waals surface area contributed by atoms with E-state index in [-0.39, 0.29) is 5.91 Å². The van der Waals surface area contributed by atoms with Gasteiger partial charge in [-0.2, -0.15) is 5.10 Å². The summed E-state index contributed by atoms with van der Waals surface area (Å²) in [6, 6.07) is 10.6. The number of carbonyl (C=O) groups excluding carboxylic acids is 1. The number of hydrogen-bond donors (Lipinski definition) is 1. The van der Waals surface area contributed by atoms with Crippen LogP contribution in [0, 0.1) is 0 Å². The third-order valence-electron chi connectivity index (χ3n) is 5.28. The monoisotopic (exact) mass is 371 g/mol. The summed E-state index contributed by atoms with van der Waals surface area (Å²) in [7, 11) is 0. The number of amides is 1. The fraction of sp³-hybridized carbons (Fsp3) is 0.652. The molecule has 4 heteroatoms. The molecule has 1 amide bonds. The van der Waals surface area contributed by atoms with E-state index >= 15 is 0 Å². The lowest BCUT2D eigenvalue weighted by atomic mass is 10.1. The van der Waals surface area contributed by atoms with Crippen LogP contribution in [0.25, 0.3) is 0 Å². The molecule has 0 unspecified atom stereocenters. The second-order valence-corrected chi connectivity index (χ2v) is 7.70. The van der Waals surface area contributed by atoms with Crippen LogP contribution in [-0.4, -0.2) is 29.6 Å². The van der Waals surface area contributed by atoms with E-state index in [9.17, 15) is 4.79 Å². The molecule has 1 saturated heterocycles. The zero-order valence-electron chi connectivity index (χ0n) is 17.1. The largest absolute Gasteiger partial charge is 0.298 e. The predicted molar refractivity (Wildman–Crippen MR) is 114 cm³/mol. The van der Waals surface area contributed by atoms with Crippen LogP contribution < -0.4 is 5.43 Å². The highest BCUT2D eigenvalue weighted by molar-refractivity contribution is 5.87. The van der Waals surface area contributed by atoms with Gasteiger partial charge in [0.2, 0.25) is 5.91 Å². The van der Waals surface area contributed by atoms with Crippen molar-refractivity contribution >= 4 is 11.6 Å². The molecule has 1 aromatic rings. The highest BCUT2D eigenvalue weighted by Gasteiger charge is 2.15. The van der Waals surface area contributed by atoms with Crippen molar-refractivity contribution in [2.75, 3.05) is 13.1 Å². The number of carbonyl (C=O) groups is 1. The second kappa shape index (κ2) is 13.5. The van der Waals surface area contributed by atoms with Crippen molar-refractivity contribution in [1.82, 2.24) is 10.3 Å². The Morgan fingerprint density at radius 1 is 0.963 bits per heavy atom. The van der Waals surface area contributed by atoms with Crippen LogP contribution in [0.2, 0.25) is 0 Å². The molecule has 0 spiro atoms. The highest BCUT2D eigenvalue weighted by atomic mass is 16.2. The Morgan fingerprint density at radius 3 is 2.26 bits per heavy atom. The zero-order chi connectivity index (χ0) is 19.2. The van der Waals surface area contributed by atoms with Crippen molar-refractivity contribution in [2.24, 2.45) is 5.10 Å². The molecule has 0 aliphatic carbocycles. The summed E-state index contributed by atoms with van der Waals surface area (Å²) in [6.45, 7) is 5.28. The smallest absolute Gasteiger partial charge is 0.240 e. The molecule has 0 aromatic heterocycles. The SMILES string of the molecule is CCCCCCCCCCC(=O)NN=C1CCN(Cc2ccccc2)CC1. The van der Waals surface area contributed by atoms with E-state index in [1.807, 2.05) is 0 Å². The number of nitrogens with one attached hydrogen (secondary N) is 1. The Kier molecular flexibility index (Phi) is 10.8. The van der Waals surface area contributed by atoms with Gasteiger partial charge < -0.3 is 0 Å². The van der Waals surface area contributed by atoms with Crippen molar-refractivity contribution in [3.05, 3.63) is 35.9 Å². The molecule has 0 atom stereocenters. The molecule has 1 heterocycles. The maximum Gasteiger partial charge on any atom is 0.240 e. The minimum atomic E-state index is 0.0696. The van der Waals surface area contributed by atoms with Gasteiger partial charge in [0.1, 0.15) is 0 Å². The molecule has 0 saturated carbocycles.